The molecule has 0 aliphatic rings. The molecule has 0 aromatic heterocycles. The Morgan fingerprint density at radius 1 is 1.24 bits per heavy atom. The fraction of sp³-hybridized carbons (Fsp3) is 0.0667. The van der Waals surface area contributed by atoms with Crippen LogP contribution < -0.4 is 0 Å². The van der Waals surface area contributed by atoms with Crippen molar-refractivity contribution in [2.45, 2.75) is 9.79 Å². The molecule has 0 aliphatic carbocycles. The fourth-order valence-corrected chi connectivity index (χ4v) is 2.56. The maximum absolute atomic E-state index is 13.9. The van der Waals surface area contributed by atoms with Gasteiger partial charge < -0.3 is 10.3 Å². The number of hydrogen-bond acceptors (Lipinski definition) is 3. The van der Waals surface area contributed by atoms with Crippen molar-refractivity contribution in [3.63, 3.8) is 0 Å². The molecule has 6 heteroatoms. The summed E-state index contributed by atoms with van der Waals surface area (Å²) in [6.45, 7) is 0. The van der Waals surface area contributed by atoms with E-state index in [2.05, 4.69) is 9.53 Å². The number of methoxy groups -OCH3 is 1. The van der Waals surface area contributed by atoms with E-state index in [4.69, 9.17) is 5.53 Å². The molecule has 0 spiro atoms. The summed E-state index contributed by atoms with van der Waals surface area (Å²) < 4.78 is 18.4. The highest BCUT2D eigenvalue weighted by molar-refractivity contribution is 7.99. The van der Waals surface area contributed by atoms with Crippen molar-refractivity contribution in [3.05, 3.63) is 65.4 Å². The molecule has 0 N–H and O–H groups in total. The zero-order valence-corrected chi connectivity index (χ0v) is 11.9. The van der Waals surface area contributed by atoms with E-state index in [1.165, 1.54) is 37.1 Å². The molecule has 0 radical (unpaired) electrons. The first kappa shape index (κ1) is 15.0. The molecule has 0 atom stereocenters. The zero-order valence-electron chi connectivity index (χ0n) is 11.1. The minimum atomic E-state index is -0.792. The molecule has 2 aromatic carbocycles. The van der Waals surface area contributed by atoms with Crippen LogP contribution in [0.25, 0.3) is 5.53 Å². The van der Waals surface area contributed by atoms with Crippen molar-refractivity contribution in [3.8, 4) is 0 Å². The topological polar surface area (TPSA) is 62.7 Å². The highest BCUT2D eigenvalue weighted by atomic mass is 32.2. The lowest BCUT2D eigenvalue weighted by molar-refractivity contribution is -0.137. The van der Waals surface area contributed by atoms with Gasteiger partial charge in [-0.15, -0.1) is 0 Å². The van der Waals surface area contributed by atoms with Gasteiger partial charge in [-0.05, 0) is 30.3 Å². The molecule has 0 aliphatic heterocycles. The van der Waals surface area contributed by atoms with Gasteiger partial charge in [0.2, 0.25) is 0 Å². The normalized spacial score (nSPS) is 9.81. The van der Waals surface area contributed by atoms with Crippen molar-refractivity contribution in [2.24, 2.45) is 0 Å². The molecule has 2 aromatic rings. The Labute approximate surface area is 125 Å². The van der Waals surface area contributed by atoms with E-state index < -0.39 is 11.8 Å². The number of carbonyl (C=O) groups excluding carboxylic acids is 1. The first-order valence-electron chi connectivity index (χ1n) is 5.99. The number of rotatable bonds is 4. The van der Waals surface area contributed by atoms with E-state index >= 15 is 0 Å². The van der Waals surface area contributed by atoms with Crippen LogP contribution in [-0.2, 0) is 9.53 Å². The van der Waals surface area contributed by atoms with Gasteiger partial charge in [0, 0.05) is 9.79 Å². The predicted molar refractivity (Wildman–Crippen MR) is 76.7 cm³/mol. The summed E-state index contributed by atoms with van der Waals surface area (Å²) >= 11 is 1.21. The van der Waals surface area contributed by atoms with E-state index in [-0.39, 0.29) is 11.3 Å². The van der Waals surface area contributed by atoms with Crippen LogP contribution in [0.5, 0.6) is 0 Å². The minimum absolute atomic E-state index is 0.271. The number of benzene rings is 2. The number of esters is 1. The highest BCUT2D eigenvalue weighted by Gasteiger charge is 2.24. The van der Waals surface area contributed by atoms with E-state index in [0.29, 0.717) is 4.90 Å². The number of nitrogens with zero attached hydrogens (tertiary/aromatic N) is 2. The van der Waals surface area contributed by atoms with Gasteiger partial charge in [-0.2, -0.15) is 4.79 Å². The molecule has 0 fully saturated rings. The predicted octanol–water partition coefficient (Wildman–Crippen LogP) is 3.17. The first-order chi connectivity index (χ1) is 10.2. The maximum atomic E-state index is 13.9. The number of carbonyl (C=O) groups is 1. The summed E-state index contributed by atoms with van der Waals surface area (Å²) in [6.07, 6.45) is 0. The summed E-state index contributed by atoms with van der Waals surface area (Å²) in [5.74, 6) is -1.21. The Morgan fingerprint density at radius 3 is 2.57 bits per heavy atom. The molecule has 0 saturated heterocycles. The van der Waals surface area contributed by atoms with Gasteiger partial charge in [-0.3, -0.25) is 0 Å². The molecule has 2 rings (SSSR count). The minimum Gasteiger partial charge on any atom is -0.460 e. The van der Waals surface area contributed by atoms with Crippen LogP contribution in [0.1, 0.15) is 5.56 Å². The average Bonchev–Trinajstić information content (AvgIpc) is 2.52. The van der Waals surface area contributed by atoms with Crippen LogP contribution in [0, 0.1) is 5.82 Å². The molecule has 0 saturated carbocycles. The molecule has 0 heterocycles. The summed E-state index contributed by atoms with van der Waals surface area (Å²) in [4.78, 5) is 15.6. The standard InChI is InChI=1S/C15H11FN2O2S/c1-20-15(19)14(18-17)10-7-8-12(16)13(9-10)21-11-5-3-2-4-6-11/h2-9H,1H3. The summed E-state index contributed by atoms with van der Waals surface area (Å²) in [5.41, 5.74) is 8.93. The second kappa shape index (κ2) is 6.83. The van der Waals surface area contributed by atoms with E-state index in [0.717, 1.165) is 4.90 Å². The molecular formula is C15H11FN2O2S. The second-order valence-electron chi connectivity index (χ2n) is 4.00. The van der Waals surface area contributed by atoms with Crippen molar-refractivity contribution in [2.75, 3.05) is 7.11 Å². The fourth-order valence-electron chi connectivity index (χ4n) is 1.66. The van der Waals surface area contributed by atoms with E-state index in [1.807, 2.05) is 30.3 Å². The highest BCUT2D eigenvalue weighted by Crippen LogP contribution is 2.30. The maximum Gasteiger partial charge on any atom is 0.422 e. The largest absolute Gasteiger partial charge is 0.460 e. The van der Waals surface area contributed by atoms with Crippen molar-refractivity contribution < 1.29 is 18.7 Å². The monoisotopic (exact) mass is 302 g/mol. The SMILES string of the molecule is COC(=O)C(=[N+]=[N-])c1ccc(F)c(Sc2ccccc2)c1. The molecule has 0 amide bonds. The quantitative estimate of drug-likeness (QED) is 0.377. The Balaban J connectivity index is 2.38. The molecular weight excluding hydrogens is 291 g/mol. The van der Waals surface area contributed by atoms with Gasteiger partial charge in [0.05, 0.1) is 12.7 Å². The van der Waals surface area contributed by atoms with E-state index in [9.17, 15) is 9.18 Å². The molecule has 4 nitrogen and oxygen atoms in total. The lowest BCUT2D eigenvalue weighted by Crippen LogP contribution is -2.18. The van der Waals surface area contributed by atoms with Crippen LogP contribution in [0.15, 0.2) is 58.3 Å². The summed E-state index contributed by atoms with van der Waals surface area (Å²) in [6, 6.07) is 13.3. The van der Waals surface area contributed by atoms with Crippen molar-refractivity contribution in [1.82, 2.24) is 0 Å². The Hall–Kier alpha value is -2.43. The summed E-state index contributed by atoms with van der Waals surface area (Å²) in [7, 11) is 1.18. The number of hydrogen-bond donors (Lipinski definition) is 0. The van der Waals surface area contributed by atoms with Crippen LogP contribution >= 0.6 is 11.8 Å². The third-order valence-electron chi connectivity index (χ3n) is 2.65. The lowest BCUT2D eigenvalue weighted by atomic mass is 10.1. The van der Waals surface area contributed by atoms with Gasteiger partial charge in [-0.25, -0.2) is 9.18 Å². The van der Waals surface area contributed by atoms with Crippen LogP contribution in [0.4, 0.5) is 4.39 Å². The van der Waals surface area contributed by atoms with E-state index in [1.54, 1.807) is 0 Å². The summed E-state index contributed by atoms with van der Waals surface area (Å²) in [5, 5.41) is 0. The lowest BCUT2D eigenvalue weighted by Gasteiger charge is -2.04. The van der Waals surface area contributed by atoms with Crippen LogP contribution in [0.2, 0.25) is 0 Å². The molecule has 0 bridgehead atoms. The Morgan fingerprint density at radius 2 is 1.95 bits per heavy atom. The molecule has 21 heavy (non-hydrogen) atoms. The van der Waals surface area contributed by atoms with Gasteiger partial charge in [0.25, 0.3) is 0 Å². The molecule has 0 unspecified atom stereocenters. The molecule has 106 valence electrons. The Kier molecular flexibility index (Phi) is 4.87. The number of halogens is 1. The smallest absolute Gasteiger partial charge is 0.422 e. The zero-order chi connectivity index (χ0) is 15.2. The third kappa shape index (κ3) is 3.56. The average molecular weight is 302 g/mol. The van der Waals surface area contributed by atoms with Gasteiger partial charge >= 0.3 is 11.7 Å². The van der Waals surface area contributed by atoms with Crippen molar-refractivity contribution in [1.29, 1.82) is 0 Å². The second-order valence-corrected chi connectivity index (χ2v) is 5.12. The first-order valence-corrected chi connectivity index (χ1v) is 6.80. The number of ether oxygens (including phenoxy) is 1. The van der Waals surface area contributed by atoms with Gasteiger partial charge in [0.1, 0.15) is 5.82 Å². The van der Waals surface area contributed by atoms with Gasteiger partial charge in [0.15, 0.2) is 0 Å². The third-order valence-corrected chi connectivity index (χ3v) is 3.70. The van der Waals surface area contributed by atoms with Crippen molar-refractivity contribution >= 4 is 23.4 Å². The van der Waals surface area contributed by atoms with Gasteiger partial charge in [-0.1, -0.05) is 30.0 Å². The Bertz CT molecular complexity index is 713. The van der Waals surface area contributed by atoms with Crippen LogP contribution in [0.3, 0.4) is 0 Å². The van der Waals surface area contributed by atoms with Crippen LogP contribution in [-0.4, -0.2) is 23.6 Å².